The second-order valence-corrected chi connectivity index (χ2v) is 5.43. The fourth-order valence-corrected chi connectivity index (χ4v) is 2.59. The van der Waals surface area contributed by atoms with E-state index in [0.717, 1.165) is 0 Å². The van der Waals surface area contributed by atoms with Gasteiger partial charge in [0.25, 0.3) is 0 Å². The molecule has 3 N–H and O–H groups in total. The van der Waals surface area contributed by atoms with E-state index in [-0.39, 0.29) is 24.0 Å². The molecule has 0 spiro atoms. The Labute approximate surface area is 144 Å². The van der Waals surface area contributed by atoms with Crippen molar-refractivity contribution in [2.24, 2.45) is 10.7 Å². The van der Waals surface area contributed by atoms with Crippen molar-refractivity contribution in [3.63, 3.8) is 0 Å². The number of nitrogens with one attached hydrogen (secondary N) is 1. The molecule has 5 heteroatoms. The Morgan fingerprint density at radius 2 is 1.81 bits per heavy atom. The van der Waals surface area contributed by atoms with E-state index in [1.54, 1.807) is 7.11 Å². The molecule has 0 bridgehead atoms. The van der Waals surface area contributed by atoms with Gasteiger partial charge in [-0.1, -0.05) is 43.5 Å². The van der Waals surface area contributed by atoms with E-state index in [0.29, 0.717) is 25.2 Å². The first-order chi connectivity index (χ1) is 9.78. The summed E-state index contributed by atoms with van der Waals surface area (Å²) < 4.78 is 5.09. The molecular formula is C16H26IN3O. The zero-order chi connectivity index (χ0) is 14.2. The lowest BCUT2D eigenvalue weighted by atomic mass is 9.96. The number of ether oxygens (including phenoxy) is 1. The number of nitrogens with zero attached hydrogens (tertiary/aromatic N) is 1. The van der Waals surface area contributed by atoms with Crippen LogP contribution in [0.3, 0.4) is 0 Å². The van der Waals surface area contributed by atoms with Crippen LogP contribution in [-0.2, 0) is 17.9 Å². The van der Waals surface area contributed by atoms with Crippen LogP contribution in [0.25, 0.3) is 0 Å². The molecular weight excluding hydrogens is 377 g/mol. The van der Waals surface area contributed by atoms with Crippen LogP contribution in [-0.4, -0.2) is 19.1 Å². The van der Waals surface area contributed by atoms with Crippen LogP contribution in [0.4, 0.5) is 0 Å². The molecule has 0 amide bonds. The highest BCUT2D eigenvalue weighted by atomic mass is 127. The van der Waals surface area contributed by atoms with Gasteiger partial charge in [0.2, 0.25) is 0 Å². The predicted octanol–water partition coefficient (Wildman–Crippen LogP) is 3.19. The minimum atomic E-state index is 0. The van der Waals surface area contributed by atoms with E-state index in [1.165, 1.54) is 43.2 Å². The maximum Gasteiger partial charge on any atom is 0.189 e. The number of halogens is 1. The fourth-order valence-electron chi connectivity index (χ4n) is 2.59. The van der Waals surface area contributed by atoms with Gasteiger partial charge in [-0.15, -0.1) is 24.0 Å². The first-order valence-electron chi connectivity index (χ1n) is 7.41. The quantitative estimate of drug-likeness (QED) is 0.451. The number of nitrogens with two attached hydrogens (primary N) is 1. The number of hydrogen-bond donors (Lipinski definition) is 2. The van der Waals surface area contributed by atoms with Crippen LogP contribution in [0.1, 0.15) is 43.2 Å². The second-order valence-electron chi connectivity index (χ2n) is 5.43. The summed E-state index contributed by atoms with van der Waals surface area (Å²) in [5.41, 5.74) is 8.29. The number of guanidine groups is 1. The zero-order valence-corrected chi connectivity index (χ0v) is 15.0. The van der Waals surface area contributed by atoms with E-state index in [2.05, 4.69) is 34.6 Å². The Morgan fingerprint density at radius 1 is 1.19 bits per heavy atom. The van der Waals surface area contributed by atoms with Crippen molar-refractivity contribution in [1.82, 2.24) is 5.32 Å². The van der Waals surface area contributed by atoms with Crippen molar-refractivity contribution < 1.29 is 4.74 Å². The summed E-state index contributed by atoms with van der Waals surface area (Å²) in [6.07, 6.45) is 6.37. The Morgan fingerprint density at radius 3 is 2.43 bits per heavy atom. The monoisotopic (exact) mass is 403 g/mol. The summed E-state index contributed by atoms with van der Waals surface area (Å²) in [5, 5.41) is 3.33. The molecule has 0 saturated heterocycles. The number of hydrogen-bond acceptors (Lipinski definition) is 2. The average Bonchev–Trinajstić information content (AvgIpc) is 2.48. The summed E-state index contributed by atoms with van der Waals surface area (Å²) in [6.45, 7) is 1.27. The number of rotatable bonds is 5. The van der Waals surface area contributed by atoms with Gasteiger partial charge in [0.05, 0.1) is 13.2 Å². The molecule has 1 fully saturated rings. The van der Waals surface area contributed by atoms with Crippen molar-refractivity contribution in [1.29, 1.82) is 0 Å². The summed E-state index contributed by atoms with van der Waals surface area (Å²) in [7, 11) is 1.70. The van der Waals surface area contributed by atoms with E-state index in [9.17, 15) is 0 Å². The van der Waals surface area contributed by atoms with E-state index < -0.39 is 0 Å². The number of aliphatic imine (C=N–C) groups is 1. The highest BCUT2D eigenvalue weighted by molar-refractivity contribution is 14.0. The topological polar surface area (TPSA) is 59.6 Å². The van der Waals surface area contributed by atoms with Gasteiger partial charge in [0.1, 0.15) is 0 Å². The summed E-state index contributed by atoms with van der Waals surface area (Å²) >= 11 is 0. The van der Waals surface area contributed by atoms with Crippen LogP contribution in [0.2, 0.25) is 0 Å². The summed E-state index contributed by atoms with van der Waals surface area (Å²) in [5.74, 6) is 0.567. The van der Waals surface area contributed by atoms with Gasteiger partial charge in [-0.05, 0) is 24.0 Å². The third kappa shape index (κ3) is 6.65. The third-order valence-corrected chi connectivity index (χ3v) is 3.72. The lowest BCUT2D eigenvalue weighted by Gasteiger charge is -2.23. The highest BCUT2D eigenvalue weighted by Crippen LogP contribution is 2.17. The average molecular weight is 403 g/mol. The largest absolute Gasteiger partial charge is 0.380 e. The van der Waals surface area contributed by atoms with Crippen LogP contribution >= 0.6 is 24.0 Å². The summed E-state index contributed by atoms with van der Waals surface area (Å²) in [4.78, 5) is 4.42. The van der Waals surface area contributed by atoms with Gasteiger partial charge in [-0.3, -0.25) is 0 Å². The van der Waals surface area contributed by atoms with Crippen LogP contribution in [0, 0.1) is 0 Å². The molecule has 1 aromatic carbocycles. The SMILES string of the molecule is COCc1ccc(CN=C(N)NC2CCCCC2)cc1.I. The Balaban J connectivity index is 0.00000220. The molecule has 1 aromatic rings. The molecule has 0 radical (unpaired) electrons. The molecule has 118 valence electrons. The maximum absolute atomic E-state index is 5.95. The molecule has 2 rings (SSSR count). The van der Waals surface area contributed by atoms with Gasteiger partial charge >= 0.3 is 0 Å². The first-order valence-corrected chi connectivity index (χ1v) is 7.41. The molecule has 1 saturated carbocycles. The normalized spacial score (nSPS) is 16.3. The van der Waals surface area contributed by atoms with Crippen molar-refractivity contribution in [2.45, 2.75) is 51.3 Å². The molecule has 21 heavy (non-hydrogen) atoms. The number of benzene rings is 1. The molecule has 1 aliphatic rings. The molecule has 4 nitrogen and oxygen atoms in total. The smallest absolute Gasteiger partial charge is 0.189 e. The van der Waals surface area contributed by atoms with Crippen molar-refractivity contribution in [2.75, 3.05) is 7.11 Å². The standard InChI is InChI=1S/C16H25N3O.HI/c1-20-12-14-9-7-13(8-10-14)11-18-16(17)19-15-5-3-2-4-6-15;/h7-10,15H,2-6,11-12H2,1H3,(H3,17,18,19);1H. The van der Waals surface area contributed by atoms with E-state index in [1.807, 2.05) is 0 Å². The lowest BCUT2D eigenvalue weighted by Crippen LogP contribution is -2.41. The highest BCUT2D eigenvalue weighted by Gasteiger charge is 2.13. The molecule has 0 heterocycles. The van der Waals surface area contributed by atoms with E-state index >= 15 is 0 Å². The summed E-state index contributed by atoms with van der Waals surface area (Å²) in [6, 6.07) is 8.80. The van der Waals surface area contributed by atoms with Gasteiger partial charge in [-0.25, -0.2) is 4.99 Å². The number of methoxy groups -OCH3 is 1. The van der Waals surface area contributed by atoms with Crippen molar-refractivity contribution >= 4 is 29.9 Å². The van der Waals surface area contributed by atoms with Crippen LogP contribution < -0.4 is 11.1 Å². The lowest BCUT2D eigenvalue weighted by molar-refractivity contribution is 0.185. The Kier molecular flexibility index (Phi) is 8.68. The minimum Gasteiger partial charge on any atom is -0.380 e. The zero-order valence-electron chi connectivity index (χ0n) is 12.7. The van der Waals surface area contributed by atoms with Crippen molar-refractivity contribution in [3.05, 3.63) is 35.4 Å². The van der Waals surface area contributed by atoms with Crippen LogP contribution in [0.5, 0.6) is 0 Å². The van der Waals surface area contributed by atoms with Crippen LogP contribution in [0.15, 0.2) is 29.3 Å². The molecule has 0 atom stereocenters. The maximum atomic E-state index is 5.95. The van der Waals surface area contributed by atoms with Gasteiger partial charge in [0.15, 0.2) is 5.96 Å². The molecule has 1 aliphatic carbocycles. The van der Waals surface area contributed by atoms with Crippen molar-refractivity contribution in [3.8, 4) is 0 Å². The third-order valence-electron chi connectivity index (χ3n) is 3.72. The van der Waals surface area contributed by atoms with E-state index in [4.69, 9.17) is 10.5 Å². The fraction of sp³-hybridized carbons (Fsp3) is 0.562. The minimum absolute atomic E-state index is 0. The molecule has 0 aromatic heterocycles. The Hall–Kier alpha value is -0.820. The first kappa shape index (κ1) is 18.2. The molecule has 0 unspecified atom stereocenters. The second kappa shape index (κ2) is 10.00. The molecule has 0 aliphatic heterocycles. The predicted molar refractivity (Wildman–Crippen MR) is 97.9 cm³/mol. The Bertz CT molecular complexity index is 428. The van der Waals surface area contributed by atoms with Gasteiger partial charge < -0.3 is 15.8 Å². The van der Waals surface area contributed by atoms with Gasteiger partial charge in [-0.2, -0.15) is 0 Å². The van der Waals surface area contributed by atoms with Gasteiger partial charge in [0, 0.05) is 13.2 Å².